The van der Waals surface area contributed by atoms with Crippen molar-refractivity contribution < 1.29 is 0 Å². The lowest BCUT2D eigenvalue weighted by Crippen LogP contribution is -2.77. The van der Waals surface area contributed by atoms with E-state index in [2.05, 4.69) is 277 Å². The van der Waals surface area contributed by atoms with Crippen molar-refractivity contribution in [1.82, 2.24) is 0 Å². The van der Waals surface area contributed by atoms with Crippen molar-refractivity contribution >= 4 is 91.8 Å². The molecule has 0 aromatic heterocycles. The summed E-state index contributed by atoms with van der Waals surface area (Å²) in [5.41, 5.74) is 9.56. The molecule has 10 aromatic rings. The van der Waals surface area contributed by atoms with Crippen LogP contribution in [0.1, 0.15) is 0 Å². The lowest BCUT2D eigenvalue weighted by atomic mass is 10.0. The first-order valence-electron chi connectivity index (χ1n) is 22.2. The molecule has 0 unspecified atom stereocenters. The van der Waals surface area contributed by atoms with E-state index in [1.807, 2.05) is 0 Å². The van der Waals surface area contributed by atoms with Crippen molar-refractivity contribution in [3.8, 4) is 11.1 Å². The molecule has 0 amide bonds. The van der Waals surface area contributed by atoms with Gasteiger partial charge in [-0.1, -0.05) is 218 Å². The Bertz CT molecular complexity index is 2900. The molecular formula is C60H44N2Si2. The molecule has 2 aliphatic heterocycles. The first kappa shape index (κ1) is 38.0. The highest BCUT2D eigenvalue weighted by atomic mass is 28.3. The topological polar surface area (TPSA) is 6.48 Å². The molecule has 0 saturated heterocycles. The third-order valence-corrected chi connectivity index (χ3v) is 23.3. The highest BCUT2D eigenvalue weighted by Crippen LogP contribution is 2.42. The number of nitrogens with zero attached hydrogens (tertiary/aromatic N) is 2. The maximum atomic E-state index is 2.50. The standard InChI is InChI=1S/C60H44N2Si2/c1-5-27-49(28-6-1)63(50-29-7-2-8-30-50)57-39-17-13-35-53(57)61(54-36-14-18-40-58(54)63)47-25-21-23-45(43-47)46-24-22-26-48(44-46)62-55-37-15-19-41-59(55)64(51-31-9-3-10-32-51,52-33-11-4-12-34-52)60-42-20-16-38-56(60)62/h1-44H. The number of para-hydroxylation sites is 4. The second-order valence-corrected chi connectivity index (χ2v) is 24.3. The summed E-state index contributed by atoms with van der Waals surface area (Å²) in [4.78, 5) is 5.01. The lowest BCUT2D eigenvalue weighted by molar-refractivity contribution is 1.28. The van der Waals surface area contributed by atoms with E-state index >= 15 is 0 Å². The first-order valence-corrected chi connectivity index (χ1v) is 26.2. The summed E-state index contributed by atoms with van der Waals surface area (Å²) in [7, 11) is -5.42. The van der Waals surface area contributed by atoms with Crippen LogP contribution in [0.2, 0.25) is 0 Å². The van der Waals surface area contributed by atoms with E-state index in [0.717, 1.165) is 11.4 Å². The molecular weight excluding hydrogens is 805 g/mol. The van der Waals surface area contributed by atoms with E-state index in [1.165, 1.54) is 75.4 Å². The van der Waals surface area contributed by atoms with Gasteiger partial charge in [-0.3, -0.25) is 0 Å². The van der Waals surface area contributed by atoms with Crippen LogP contribution in [0.3, 0.4) is 0 Å². The summed E-state index contributed by atoms with van der Waals surface area (Å²) < 4.78 is 0. The third kappa shape index (κ3) is 5.70. The van der Waals surface area contributed by atoms with E-state index in [4.69, 9.17) is 0 Å². The Morgan fingerprint density at radius 3 is 0.750 bits per heavy atom. The summed E-state index contributed by atoms with van der Waals surface area (Å²) in [6.07, 6.45) is 0. The van der Waals surface area contributed by atoms with Crippen LogP contribution in [0.4, 0.5) is 34.1 Å². The predicted molar refractivity (Wildman–Crippen MR) is 276 cm³/mol. The van der Waals surface area contributed by atoms with Crippen LogP contribution in [-0.4, -0.2) is 16.1 Å². The van der Waals surface area contributed by atoms with Gasteiger partial charge in [0.25, 0.3) is 0 Å². The van der Waals surface area contributed by atoms with Gasteiger partial charge in [0.15, 0.2) is 16.1 Å². The van der Waals surface area contributed by atoms with Gasteiger partial charge in [0, 0.05) is 34.1 Å². The van der Waals surface area contributed by atoms with Crippen molar-refractivity contribution in [1.29, 1.82) is 0 Å². The van der Waals surface area contributed by atoms with E-state index in [-0.39, 0.29) is 0 Å². The summed E-state index contributed by atoms with van der Waals surface area (Å²) in [5.74, 6) is 0. The van der Waals surface area contributed by atoms with Gasteiger partial charge in [-0.25, -0.2) is 0 Å². The van der Waals surface area contributed by atoms with Gasteiger partial charge in [0.05, 0.1) is 0 Å². The van der Waals surface area contributed by atoms with Gasteiger partial charge in [-0.15, -0.1) is 0 Å². The molecule has 4 heteroatoms. The van der Waals surface area contributed by atoms with E-state index < -0.39 is 16.1 Å². The van der Waals surface area contributed by atoms with Crippen LogP contribution in [-0.2, 0) is 0 Å². The fourth-order valence-electron chi connectivity index (χ4n) is 11.0. The number of hydrogen-bond donors (Lipinski definition) is 0. The minimum Gasteiger partial charge on any atom is -0.311 e. The van der Waals surface area contributed by atoms with Crippen molar-refractivity contribution in [2.24, 2.45) is 0 Å². The van der Waals surface area contributed by atoms with E-state index in [9.17, 15) is 0 Å². The molecule has 0 aliphatic carbocycles. The molecule has 2 heterocycles. The summed E-state index contributed by atoms with van der Waals surface area (Å²) in [5, 5.41) is 11.1. The largest absolute Gasteiger partial charge is 0.311 e. The Labute approximate surface area is 377 Å². The van der Waals surface area contributed by atoms with E-state index in [1.54, 1.807) is 0 Å². The number of rotatable bonds is 7. The second-order valence-electron chi connectivity index (χ2n) is 16.8. The Morgan fingerprint density at radius 1 is 0.219 bits per heavy atom. The van der Waals surface area contributed by atoms with Gasteiger partial charge in [-0.2, -0.15) is 0 Å². The quantitative estimate of drug-likeness (QED) is 0.148. The monoisotopic (exact) mass is 848 g/mol. The number of hydrogen-bond acceptors (Lipinski definition) is 2. The van der Waals surface area contributed by atoms with Crippen LogP contribution in [0.15, 0.2) is 267 Å². The first-order chi connectivity index (χ1) is 31.8. The maximum Gasteiger partial charge on any atom is 0.184 e. The third-order valence-electron chi connectivity index (χ3n) is 13.6. The summed E-state index contributed by atoms with van der Waals surface area (Å²) in [6.45, 7) is 0. The highest BCUT2D eigenvalue weighted by molar-refractivity contribution is 7.22. The fourth-order valence-corrected chi connectivity index (χ4v) is 21.2. The second kappa shape index (κ2) is 15.5. The smallest absolute Gasteiger partial charge is 0.184 e. The molecule has 2 aliphatic rings. The molecule has 0 saturated carbocycles. The Morgan fingerprint density at radius 2 is 0.469 bits per heavy atom. The predicted octanol–water partition coefficient (Wildman–Crippen LogP) is 9.67. The molecule has 0 fully saturated rings. The molecule has 0 radical (unpaired) electrons. The van der Waals surface area contributed by atoms with Crippen LogP contribution in [0, 0.1) is 0 Å². The summed E-state index contributed by atoms with van der Waals surface area (Å²) >= 11 is 0. The van der Waals surface area contributed by atoms with E-state index in [0.29, 0.717) is 0 Å². The Balaban J connectivity index is 1.01. The van der Waals surface area contributed by atoms with Gasteiger partial charge >= 0.3 is 0 Å². The van der Waals surface area contributed by atoms with Crippen molar-refractivity contribution in [3.05, 3.63) is 267 Å². The van der Waals surface area contributed by atoms with Crippen LogP contribution in [0.5, 0.6) is 0 Å². The lowest BCUT2D eigenvalue weighted by Gasteiger charge is -2.45. The van der Waals surface area contributed by atoms with Crippen LogP contribution < -0.4 is 51.3 Å². The number of benzene rings is 10. The van der Waals surface area contributed by atoms with Gasteiger partial charge < -0.3 is 9.80 Å². The Kier molecular flexibility index (Phi) is 9.22. The van der Waals surface area contributed by atoms with Crippen LogP contribution >= 0.6 is 0 Å². The zero-order valence-electron chi connectivity index (χ0n) is 35.3. The van der Waals surface area contributed by atoms with Gasteiger partial charge in [0.2, 0.25) is 0 Å². The number of fused-ring (bicyclic) bond motifs is 4. The molecule has 0 atom stereocenters. The van der Waals surface area contributed by atoms with Crippen molar-refractivity contribution in [2.45, 2.75) is 0 Å². The zero-order valence-corrected chi connectivity index (χ0v) is 37.3. The molecule has 0 spiro atoms. The molecule has 0 N–H and O–H groups in total. The van der Waals surface area contributed by atoms with Crippen LogP contribution in [0.25, 0.3) is 11.1 Å². The normalized spacial score (nSPS) is 14.1. The molecule has 0 bridgehead atoms. The van der Waals surface area contributed by atoms with Gasteiger partial charge in [0.1, 0.15) is 0 Å². The molecule has 12 rings (SSSR count). The molecule has 302 valence electrons. The average molecular weight is 849 g/mol. The maximum absolute atomic E-state index is 2.71. The minimum absolute atomic E-state index is 1.14. The van der Waals surface area contributed by atoms with Crippen molar-refractivity contribution in [2.75, 3.05) is 9.80 Å². The zero-order chi connectivity index (χ0) is 42.5. The average Bonchev–Trinajstić information content (AvgIpc) is 3.38. The SMILES string of the molecule is c1ccc([Si]2(c3ccccc3)c3ccccc3N(c3cccc(-c4cccc(N5c6ccccc6[Si](c6ccccc6)(c6ccccc6)c6ccccc65)c4)c3)c3ccccc32)cc1. The molecule has 64 heavy (non-hydrogen) atoms. The van der Waals surface area contributed by atoms with Crippen molar-refractivity contribution in [3.63, 3.8) is 0 Å². The fraction of sp³-hybridized carbons (Fsp3) is 0. The Hall–Kier alpha value is -7.77. The van der Waals surface area contributed by atoms with Gasteiger partial charge in [-0.05, 0) is 101 Å². The number of anilines is 6. The molecule has 2 nitrogen and oxygen atoms in total. The summed E-state index contributed by atoms with van der Waals surface area (Å²) in [6, 6.07) is 99.8. The minimum atomic E-state index is -2.71. The molecule has 10 aromatic carbocycles. The highest BCUT2D eigenvalue weighted by Gasteiger charge is 2.50.